The van der Waals surface area contributed by atoms with Gasteiger partial charge in [-0.1, -0.05) is 0 Å². The molecule has 4 heteroatoms. The van der Waals surface area contributed by atoms with Crippen LogP contribution in [0.15, 0.2) is 0 Å². The predicted molar refractivity (Wildman–Crippen MR) is 65.0 cm³/mol. The predicted octanol–water partition coefficient (Wildman–Crippen LogP) is 1.04. The molecule has 0 aromatic carbocycles. The highest BCUT2D eigenvalue weighted by atomic mass is 16.1. The summed E-state index contributed by atoms with van der Waals surface area (Å²) in [7, 11) is 0. The van der Waals surface area contributed by atoms with E-state index in [1.807, 2.05) is 6.07 Å². The van der Waals surface area contributed by atoms with Gasteiger partial charge in [-0.2, -0.15) is 5.26 Å². The summed E-state index contributed by atoms with van der Waals surface area (Å²) in [6, 6.07) is 2.01. The van der Waals surface area contributed by atoms with Crippen LogP contribution < -0.4 is 10.6 Å². The number of amides is 1. The van der Waals surface area contributed by atoms with E-state index in [4.69, 9.17) is 5.26 Å². The van der Waals surface area contributed by atoms with E-state index in [-0.39, 0.29) is 5.91 Å². The quantitative estimate of drug-likeness (QED) is 0.618. The fourth-order valence-corrected chi connectivity index (χ4v) is 2.44. The lowest BCUT2D eigenvalue weighted by molar-refractivity contribution is -0.120. The molecule has 0 spiro atoms. The van der Waals surface area contributed by atoms with E-state index >= 15 is 0 Å². The minimum absolute atomic E-state index is 0.00518. The van der Waals surface area contributed by atoms with Gasteiger partial charge in [0.25, 0.3) is 0 Å². The molecule has 2 fully saturated rings. The Morgan fingerprint density at radius 3 is 2.47 bits per heavy atom. The molecule has 0 unspecified atom stereocenters. The zero-order valence-corrected chi connectivity index (χ0v) is 10.2. The van der Waals surface area contributed by atoms with Crippen molar-refractivity contribution < 1.29 is 4.79 Å². The molecule has 2 aliphatic carbocycles. The van der Waals surface area contributed by atoms with Gasteiger partial charge >= 0.3 is 0 Å². The van der Waals surface area contributed by atoms with Gasteiger partial charge in [0.1, 0.15) is 0 Å². The van der Waals surface area contributed by atoms with Crippen LogP contribution in [0.4, 0.5) is 0 Å². The summed E-state index contributed by atoms with van der Waals surface area (Å²) < 4.78 is 0. The summed E-state index contributed by atoms with van der Waals surface area (Å²) >= 11 is 0. The second kappa shape index (κ2) is 6.02. The molecule has 0 atom stereocenters. The van der Waals surface area contributed by atoms with E-state index in [9.17, 15) is 4.79 Å². The molecule has 94 valence electrons. The first-order valence-corrected chi connectivity index (χ1v) is 6.65. The third kappa shape index (κ3) is 4.35. The van der Waals surface area contributed by atoms with Gasteiger partial charge in [0.15, 0.2) is 0 Å². The van der Waals surface area contributed by atoms with Crippen LogP contribution in [-0.4, -0.2) is 25.5 Å². The van der Waals surface area contributed by atoms with Crippen molar-refractivity contribution in [3.8, 4) is 6.07 Å². The Labute approximate surface area is 103 Å². The highest BCUT2D eigenvalue weighted by Gasteiger charge is 2.40. The number of nitrogens with one attached hydrogen (secondary N) is 2. The van der Waals surface area contributed by atoms with Crippen LogP contribution in [0.2, 0.25) is 0 Å². The number of hydrogen-bond donors (Lipinski definition) is 2. The van der Waals surface area contributed by atoms with Crippen LogP contribution in [0.5, 0.6) is 0 Å². The van der Waals surface area contributed by atoms with Crippen LogP contribution in [-0.2, 0) is 4.79 Å². The SMILES string of the molecule is N#CCCNC(=O)CNCC(C1CC1)C1CC1. The third-order valence-electron chi connectivity index (χ3n) is 3.68. The van der Waals surface area contributed by atoms with Crippen molar-refractivity contribution >= 4 is 5.91 Å². The minimum atomic E-state index is 0.00518. The topological polar surface area (TPSA) is 64.9 Å². The van der Waals surface area contributed by atoms with Crippen molar-refractivity contribution in [3.63, 3.8) is 0 Å². The van der Waals surface area contributed by atoms with E-state index in [2.05, 4.69) is 10.6 Å². The number of rotatable bonds is 8. The largest absolute Gasteiger partial charge is 0.354 e. The van der Waals surface area contributed by atoms with Crippen molar-refractivity contribution in [1.29, 1.82) is 5.26 Å². The average molecular weight is 235 g/mol. The van der Waals surface area contributed by atoms with Crippen molar-refractivity contribution in [2.45, 2.75) is 32.1 Å². The van der Waals surface area contributed by atoms with E-state index in [1.54, 1.807) is 0 Å². The first kappa shape index (κ1) is 12.4. The Bertz CT molecular complexity index is 290. The molecular formula is C13H21N3O. The molecule has 17 heavy (non-hydrogen) atoms. The van der Waals surface area contributed by atoms with Gasteiger partial charge in [-0.25, -0.2) is 0 Å². The maximum Gasteiger partial charge on any atom is 0.233 e. The fourth-order valence-electron chi connectivity index (χ4n) is 2.44. The summed E-state index contributed by atoms with van der Waals surface area (Å²) in [5.74, 6) is 2.67. The Morgan fingerprint density at radius 1 is 1.29 bits per heavy atom. The van der Waals surface area contributed by atoms with Crippen molar-refractivity contribution in [1.82, 2.24) is 10.6 Å². The van der Waals surface area contributed by atoms with Gasteiger partial charge < -0.3 is 10.6 Å². The smallest absolute Gasteiger partial charge is 0.233 e. The fraction of sp³-hybridized carbons (Fsp3) is 0.846. The summed E-state index contributed by atoms with van der Waals surface area (Å²) in [4.78, 5) is 11.4. The Kier molecular flexibility index (Phi) is 4.38. The van der Waals surface area contributed by atoms with E-state index < -0.39 is 0 Å². The normalized spacial score (nSPS) is 19.1. The number of nitriles is 1. The number of nitrogens with zero attached hydrogens (tertiary/aromatic N) is 1. The number of carbonyl (C=O) groups is 1. The number of carbonyl (C=O) groups excluding carboxylic acids is 1. The molecule has 0 aliphatic heterocycles. The molecule has 0 saturated heterocycles. The Hall–Kier alpha value is -1.08. The van der Waals surface area contributed by atoms with Gasteiger partial charge in [-0.3, -0.25) is 4.79 Å². The van der Waals surface area contributed by atoms with Gasteiger partial charge in [-0.05, 0) is 50.0 Å². The molecule has 0 bridgehead atoms. The Balaban J connectivity index is 1.55. The standard InChI is InChI=1S/C13H21N3O/c14-6-1-7-16-13(17)9-15-8-12(10-2-3-10)11-4-5-11/h10-12,15H,1-5,7-9H2,(H,16,17). The first-order valence-electron chi connectivity index (χ1n) is 6.65. The maximum absolute atomic E-state index is 11.4. The summed E-state index contributed by atoms with van der Waals surface area (Å²) in [6.45, 7) is 1.84. The van der Waals surface area contributed by atoms with Gasteiger partial charge in [-0.15, -0.1) is 0 Å². The minimum Gasteiger partial charge on any atom is -0.354 e. The second-order valence-corrected chi connectivity index (χ2v) is 5.23. The lowest BCUT2D eigenvalue weighted by Crippen LogP contribution is -2.37. The second-order valence-electron chi connectivity index (χ2n) is 5.23. The Morgan fingerprint density at radius 2 is 1.94 bits per heavy atom. The molecule has 0 radical (unpaired) electrons. The maximum atomic E-state index is 11.4. The lowest BCUT2D eigenvalue weighted by Gasteiger charge is -2.15. The highest BCUT2D eigenvalue weighted by molar-refractivity contribution is 5.77. The monoisotopic (exact) mass is 235 g/mol. The first-order chi connectivity index (χ1) is 8.31. The molecule has 2 rings (SSSR count). The highest BCUT2D eigenvalue weighted by Crippen LogP contribution is 2.48. The zero-order chi connectivity index (χ0) is 12.1. The van der Waals surface area contributed by atoms with E-state index in [0.717, 1.165) is 24.3 Å². The van der Waals surface area contributed by atoms with Crippen LogP contribution in [0.1, 0.15) is 32.1 Å². The summed E-state index contributed by atoms with van der Waals surface area (Å²) in [6.07, 6.45) is 5.93. The van der Waals surface area contributed by atoms with E-state index in [1.165, 1.54) is 25.7 Å². The van der Waals surface area contributed by atoms with Crippen LogP contribution in [0.25, 0.3) is 0 Å². The summed E-state index contributed by atoms with van der Waals surface area (Å²) in [5.41, 5.74) is 0. The summed E-state index contributed by atoms with van der Waals surface area (Å²) in [5, 5.41) is 14.3. The lowest BCUT2D eigenvalue weighted by atomic mass is 9.98. The molecule has 4 nitrogen and oxygen atoms in total. The molecule has 1 amide bonds. The van der Waals surface area contributed by atoms with Gasteiger partial charge in [0.05, 0.1) is 19.0 Å². The van der Waals surface area contributed by atoms with E-state index in [0.29, 0.717) is 19.5 Å². The van der Waals surface area contributed by atoms with Crippen molar-refractivity contribution in [2.75, 3.05) is 19.6 Å². The molecular weight excluding hydrogens is 214 g/mol. The molecule has 2 saturated carbocycles. The van der Waals surface area contributed by atoms with Crippen LogP contribution in [0, 0.1) is 29.1 Å². The average Bonchev–Trinajstić information content (AvgIpc) is 3.16. The van der Waals surface area contributed by atoms with Crippen molar-refractivity contribution in [3.05, 3.63) is 0 Å². The third-order valence-corrected chi connectivity index (χ3v) is 3.68. The van der Waals surface area contributed by atoms with Crippen LogP contribution >= 0.6 is 0 Å². The number of hydrogen-bond acceptors (Lipinski definition) is 3. The molecule has 2 aliphatic rings. The van der Waals surface area contributed by atoms with Crippen LogP contribution in [0.3, 0.4) is 0 Å². The van der Waals surface area contributed by atoms with Gasteiger partial charge in [0.2, 0.25) is 5.91 Å². The van der Waals surface area contributed by atoms with Gasteiger partial charge in [0, 0.05) is 6.54 Å². The van der Waals surface area contributed by atoms with Crippen molar-refractivity contribution in [2.24, 2.45) is 17.8 Å². The molecule has 0 aromatic heterocycles. The molecule has 2 N–H and O–H groups in total. The molecule has 0 aromatic rings. The molecule has 0 heterocycles. The zero-order valence-electron chi connectivity index (χ0n) is 10.2.